The van der Waals surface area contributed by atoms with Gasteiger partial charge in [0.05, 0.1) is 5.39 Å². The number of hydrogen-bond acceptors (Lipinski definition) is 6. The zero-order valence-electron chi connectivity index (χ0n) is 14.3. The quantitative estimate of drug-likeness (QED) is 0.778. The van der Waals surface area contributed by atoms with Crippen LogP contribution in [0.3, 0.4) is 0 Å². The molecule has 0 spiro atoms. The average Bonchev–Trinajstić information content (AvgIpc) is 3.25. The molecule has 1 aliphatic heterocycles. The van der Waals surface area contributed by atoms with Gasteiger partial charge in [0.15, 0.2) is 5.82 Å². The van der Waals surface area contributed by atoms with E-state index in [0.717, 1.165) is 41.1 Å². The molecule has 0 aliphatic carbocycles. The van der Waals surface area contributed by atoms with Crippen molar-refractivity contribution in [2.45, 2.75) is 32.2 Å². The minimum Gasteiger partial charge on any atom is -0.358 e. The normalized spacial score (nSPS) is 18.1. The number of anilines is 2. The van der Waals surface area contributed by atoms with E-state index in [9.17, 15) is 4.79 Å². The van der Waals surface area contributed by atoms with Crippen LogP contribution in [0.25, 0.3) is 10.2 Å². The van der Waals surface area contributed by atoms with Gasteiger partial charge in [0.25, 0.3) is 5.91 Å². The van der Waals surface area contributed by atoms with Crippen molar-refractivity contribution in [3.63, 3.8) is 0 Å². The minimum atomic E-state index is -0.293. The summed E-state index contributed by atoms with van der Waals surface area (Å²) in [5, 5.41) is 10.7. The first kappa shape index (κ1) is 16.0. The Balaban J connectivity index is 1.62. The van der Waals surface area contributed by atoms with Gasteiger partial charge in [0.2, 0.25) is 0 Å². The van der Waals surface area contributed by atoms with E-state index in [1.54, 1.807) is 20.9 Å². The van der Waals surface area contributed by atoms with Crippen LogP contribution >= 0.6 is 11.3 Å². The molecule has 1 aliphatic rings. The van der Waals surface area contributed by atoms with Crippen molar-refractivity contribution in [2.24, 2.45) is 7.05 Å². The largest absolute Gasteiger partial charge is 0.358 e. The number of fused-ring (bicyclic) bond motifs is 1. The van der Waals surface area contributed by atoms with Crippen molar-refractivity contribution in [1.82, 2.24) is 19.7 Å². The summed E-state index contributed by atoms with van der Waals surface area (Å²) >= 11 is 1.59. The second-order valence-corrected chi connectivity index (χ2v) is 7.05. The van der Waals surface area contributed by atoms with Gasteiger partial charge in [0.1, 0.15) is 22.5 Å². The molecule has 4 heterocycles. The predicted octanol–water partition coefficient (Wildman–Crippen LogP) is 2.59. The Hall–Kier alpha value is -2.48. The van der Waals surface area contributed by atoms with E-state index in [0.29, 0.717) is 12.4 Å². The molecule has 25 heavy (non-hydrogen) atoms. The smallest absolute Gasteiger partial charge is 0.250 e. The number of carbonyl (C=O) groups is 1. The van der Waals surface area contributed by atoms with Gasteiger partial charge in [0, 0.05) is 32.3 Å². The monoisotopic (exact) mass is 356 g/mol. The molecule has 4 rings (SSSR count). The van der Waals surface area contributed by atoms with E-state index >= 15 is 0 Å². The van der Waals surface area contributed by atoms with Gasteiger partial charge < -0.3 is 5.32 Å². The molecule has 1 fully saturated rings. The lowest BCUT2D eigenvalue weighted by atomic mass is 10.0. The molecule has 8 heteroatoms. The molecule has 1 atom stereocenters. The average molecular weight is 356 g/mol. The summed E-state index contributed by atoms with van der Waals surface area (Å²) in [6, 6.07) is 3.58. The van der Waals surface area contributed by atoms with Gasteiger partial charge in [-0.1, -0.05) is 6.92 Å². The molecule has 7 nitrogen and oxygen atoms in total. The highest BCUT2D eigenvalue weighted by Crippen LogP contribution is 2.28. The van der Waals surface area contributed by atoms with Gasteiger partial charge >= 0.3 is 0 Å². The van der Waals surface area contributed by atoms with E-state index in [2.05, 4.69) is 20.4 Å². The maximum absolute atomic E-state index is 12.9. The van der Waals surface area contributed by atoms with E-state index in [1.807, 2.05) is 37.7 Å². The lowest BCUT2D eigenvalue weighted by Gasteiger charge is -2.31. The Morgan fingerprint density at radius 2 is 2.24 bits per heavy atom. The molecular formula is C17H20N6OS. The lowest BCUT2D eigenvalue weighted by molar-refractivity contribution is -0.120. The van der Waals surface area contributed by atoms with Crippen LogP contribution in [0.1, 0.15) is 25.6 Å². The molecule has 0 bridgehead atoms. The molecule has 3 aromatic rings. The molecule has 0 saturated carbocycles. The number of thiophene rings is 1. The summed E-state index contributed by atoms with van der Waals surface area (Å²) in [5.41, 5.74) is 0. The first-order chi connectivity index (χ1) is 12.2. The maximum Gasteiger partial charge on any atom is 0.250 e. The number of nitrogens with one attached hydrogen (secondary N) is 1. The van der Waals surface area contributed by atoms with Crippen molar-refractivity contribution in [1.29, 1.82) is 0 Å². The third-order valence-corrected chi connectivity index (χ3v) is 5.22. The van der Waals surface area contributed by atoms with Crippen molar-refractivity contribution < 1.29 is 4.79 Å². The van der Waals surface area contributed by atoms with Crippen molar-refractivity contribution >= 4 is 39.1 Å². The highest BCUT2D eigenvalue weighted by atomic mass is 32.1. The number of aryl methyl sites for hydroxylation is 2. The van der Waals surface area contributed by atoms with Gasteiger partial charge in [-0.3, -0.25) is 14.4 Å². The van der Waals surface area contributed by atoms with Crippen LogP contribution in [0.5, 0.6) is 0 Å². The van der Waals surface area contributed by atoms with Crippen LogP contribution in [-0.4, -0.2) is 38.2 Å². The van der Waals surface area contributed by atoms with Crippen molar-refractivity contribution in [2.75, 3.05) is 16.8 Å². The van der Waals surface area contributed by atoms with E-state index in [4.69, 9.17) is 0 Å². The molecule has 130 valence electrons. The SMILES string of the molecule is CCc1nc(NC2CCCN(c3ccn(C)n3)C2=O)c2ccsc2n1. The van der Waals surface area contributed by atoms with Crippen LogP contribution in [-0.2, 0) is 18.3 Å². The summed E-state index contributed by atoms with van der Waals surface area (Å²) in [4.78, 5) is 24.8. The standard InChI is InChI=1S/C17H20N6OS/c1-3-13-19-15(11-7-10-25-16(11)20-13)18-12-5-4-8-23(17(12)24)14-6-9-22(2)21-14/h6-7,9-10,12H,3-5,8H2,1-2H3,(H,18,19,20). The lowest BCUT2D eigenvalue weighted by Crippen LogP contribution is -2.48. The fraction of sp³-hybridized carbons (Fsp3) is 0.412. The molecule has 1 saturated heterocycles. The van der Waals surface area contributed by atoms with Crippen LogP contribution in [0.4, 0.5) is 11.6 Å². The molecule has 3 aromatic heterocycles. The number of amides is 1. The van der Waals surface area contributed by atoms with Gasteiger partial charge in [-0.05, 0) is 24.3 Å². The fourth-order valence-electron chi connectivity index (χ4n) is 3.12. The van der Waals surface area contributed by atoms with Gasteiger partial charge in [-0.25, -0.2) is 9.97 Å². The first-order valence-corrected chi connectivity index (χ1v) is 9.35. The fourth-order valence-corrected chi connectivity index (χ4v) is 3.90. The van der Waals surface area contributed by atoms with Crippen LogP contribution in [0.15, 0.2) is 23.7 Å². The number of hydrogen-bond donors (Lipinski definition) is 1. The Bertz CT molecular complexity index is 917. The van der Waals surface area contributed by atoms with Crippen molar-refractivity contribution in [3.8, 4) is 0 Å². The number of aromatic nitrogens is 4. The number of piperidine rings is 1. The first-order valence-electron chi connectivity index (χ1n) is 8.47. The summed E-state index contributed by atoms with van der Waals surface area (Å²) in [7, 11) is 1.86. The topological polar surface area (TPSA) is 75.9 Å². The third-order valence-electron chi connectivity index (χ3n) is 4.41. The van der Waals surface area contributed by atoms with E-state index in [1.165, 1.54) is 0 Å². The highest BCUT2D eigenvalue weighted by Gasteiger charge is 2.31. The molecule has 1 amide bonds. The zero-order chi connectivity index (χ0) is 17.4. The maximum atomic E-state index is 12.9. The second-order valence-electron chi connectivity index (χ2n) is 6.16. The zero-order valence-corrected chi connectivity index (χ0v) is 15.1. The van der Waals surface area contributed by atoms with Crippen molar-refractivity contribution in [3.05, 3.63) is 29.5 Å². The summed E-state index contributed by atoms with van der Waals surface area (Å²) in [5.74, 6) is 2.30. The molecule has 1 unspecified atom stereocenters. The van der Waals surface area contributed by atoms with Gasteiger partial charge in [-0.2, -0.15) is 5.10 Å². The van der Waals surface area contributed by atoms with Crippen LogP contribution in [0.2, 0.25) is 0 Å². The molecule has 0 radical (unpaired) electrons. The Kier molecular flexibility index (Phi) is 4.12. The third kappa shape index (κ3) is 2.97. The summed E-state index contributed by atoms with van der Waals surface area (Å²) in [6.07, 6.45) is 4.34. The number of carbonyl (C=O) groups excluding carboxylic acids is 1. The Labute approximate surface area is 149 Å². The summed E-state index contributed by atoms with van der Waals surface area (Å²) in [6.45, 7) is 2.74. The Morgan fingerprint density at radius 3 is 3.00 bits per heavy atom. The molecule has 0 aromatic carbocycles. The highest BCUT2D eigenvalue weighted by molar-refractivity contribution is 7.16. The van der Waals surface area contributed by atoms with Crippen LogP contribution in [0, 0.1) is 0 Å². The second kappa shape index (κ2) is 6.44. The van der Waals surface area contributed by atoms with Gasteiger partial charge in [-0.15, -0.1) is 11.3 Å². The van der Waals surface area contributed by atoms with E-state index < -0.39 is 0 Å². The number of nitrogens with zero attached hydrogens (tertiary/aromatic N) is 5. The predicted molar refractivity (Wildman–Crippen MR) is 99.0 cm³/mol. The Morgan fingerprint density at radius 1 is 1.36 bits per heavy atom. The molecule has 1 N–H and O–H groups in total. The summed E-state index contributed by atoms with van der Waals surface area (Å²) < 4.78 is 1.71. The molecular weight excluding hydrogens is 336 g/mol. The number of rotatable bonds is 4. The minimum absolute atomic E-state index is 0.0463. The van der Waals surface area contributed by atoms with E-state index in [-0.39, 0.29) is 11.9 Å². The van der Waals surface area contributed by atoms with Crippen LogP contribution < -0.4 is 10.2 Å².